The Labute approximate surface area is 132 Å². The van der Waals surface area contributed by atoms with E-state index in [2.05, 4.69) is 4.99 Å². The van der Waals surface area contributed by atoms with E-state index in [0.717, 1.165) is 0 Å². The molecule has 0 amide bonds. The molecule has 9 nitrogen and oxygen atoms in total. The Morgan fingerprint density at radius 3 is 2.22 bits per heavy atom. The number of rotatable bonds is 4. The van der Waals surface area contributed by atoms with Crippen molar-refractivity contribution in [2.45, 2.75) is 58.3 Å². The molecule has 0 radical (unpaired) electrons. The van der Waals surface area contributed by atoms with Crippen LogP contribution < -0.4 is 0 Å². The summed E-state index contributed by atoms with van der Waals surface area (Å²) >= 11 is 0. The smallest absolute Gasteiger partial charge is 0.303 e. The molecule has 2 rings (SSSR count). The Bertz CT molecular complexity index is 531. The van der Waals surface area contributed by atoms with Gasteiger partial charge in [0.2, 0.25) is 6.29 Å². The Balaban J connectivity index is 2.26. The maximum absolute atomic E-state index is 11.4. The van der Waals surface area contributed by atoms with Crippen molar-refractivity contribution in [1.82, 2.24) is 0 Å². The van der Waals surface area contributed by atoms with Gasteiger partial charge in [-0.25, -0.2) is 4.99 Å². The molecule has 0 bridgehead atoms. The molecule has 5 atom stereocenters. The van der Waals surface area contributed by atoms with Gasteiger partial charge in [0.1, 0.15) is 12.7 Å². The summed E-state index contributed by atoms with van der Waals surface area (Å²) in [6.07, 6.45) is -3.50. The number of aliphatic imine (C=N–C) groups is 1. The van der Waals surface area contributed by atoms with E-state index in [0.29, 0.717) is 5.90 Å². The third-order valence-electron chi connectivity index (χ3n) is 3.29. The van der Waals surface area contributed by atoms with Gasteiger partial charge in [-0.05, 0) is 0 Å². The first-order chi connectivity index (χ1) is 10.8. The standard InChI is InChI=1S/C14H19NO8/c1-6-15-11-13(22-9(4)18)12(21-8(3)17)10(5-19-7(2)16)23-14(11)20-6/h10-14H,5H2,1-4H3/t10?,11?,12-,13+,14-/m0/s1. The zero-order chi connectivity index (χ0) is 17.1. The number of nitrogens with zero attached hydrogens (tertiary/aromatic N) is 1. The molecule has 2 heterocycles. The molecule has 1 fully saturated rings. The molecule has 2 unspecified atom stereocenters. The van der Waals surface area contributed by atoms with Crippen LogP contribution in [0.3, 0.4) is 0 Å². The quantitative estimate of drug-likeness (QED) is 0.522. The molecular formula is C14H19NO8. The molecule has 2 aliphatic rings. The summed E-state index contributed by atoms with van der Waals surface area (Å²) in [5.41, 5.74) is 0. The average Bonchev–Trinajstić information content (AvgIpc) is 2.78. The molecule has 0 aromatic heterocycles. The molecule has 1 saturated heterocycles. The van der Waals surface area contributed by atoms with Crippen LogP contribution in [0.15, 0.2) is 4.99 Å². The molecule has 0 saturated carbocycles. The monoisotopic (exact) mass is 329 g/mol. The maximum atomic E-state index is 11.4. The first-order valence-corrected chi connectivity index (χ1v) is 7.12. The van der Waals surface area contributed by atoms with Gasteiger partial charge in [0.05, 0.1) is 0 Å². The fraction of sp³-hybridized carbons (Fsp3) is 0.714. The second kappa shape index (κ2) is 6.95. The number of carbonyl (C=O) groups excluding carboxylic acids is 3. The summed E-state index contributed by atoms with van der Waals surface area (Å²) in [7, 11) is 0. The zero-order valence-electron chi connectivity index (χ0n) is 13.3. The zero-order valence-corrected chi connectivity index (χ0v) is 13.3. The van der Waals surface area contributed by atoms with Gasteiger partial charge in [0.15, 0.2) is 24.1 Å². The Hall–Kier alpha value is -2.16. The molecule has 128 valence electrons. The van der Waals surface area contributed by atoms with Gasteiger partial charge >= 0.3 is 17.9 Å². The van der Waals surface area contributed by atoms with Crippen LogP contribution in [0.5, 0.6) is 0 Å². The summed E-state index contributed by atoms with van der Waals surface area (Å²) < 4.78 is 26.5. The van der Waals surface area contributed by atoms with Gasteiger partial charge in [-0.2, -0.15) is 0 Å². The number of hydrogen-bond donors (Lipinski definition) is 0. The van der Waals surface area contributed by atoms with E-state index in [1.54, 1.807) is 6.92 Å². The van der Waals surface area contributed by atoms with Crippen LogP contribution in [0.2, 0.25) is 0 Å². The van der Waals surface area contributed by atoms with Crippen molar-refractivity contribution in [2.24, 2.45) is 4.99 Å². The summed E-state index contributed by atoms with van der Waals surface area (Å²) in [6, 6.07) is -0.656. The van der Waals surface area contributed by atoms with E-state index in [4.69, 9.17) is 23.7 Å². The molecule has 23 heavy (non-hydrogen) atoms. The van der Waals surface area contributed by atoms with Crippen molar-refractivity contribution >= 4 is 23.8 Å². The first kappa shape index (κ1) is 17.2. The van der Waals surface area contributed by atoms with Gasteiger partial charge < -0.3 is 23.7 Å². The molecule has 0 spiro atoms. The van der Waals surface area contributed by atoms with E-state index in [1.807, 2.05) is 0 Å². The van der Waals surface area contributed by atoms with Crippen LogP contribution in [0.4, 0.5) is 0 Å². The number of esters is 3. The molecule has 9 heteroatoms. The summed E-state index contributed by atoms with van der Waals surface area (Å²) in [6.45, 7) is 5.17. The number of hydrogen-bond acceptors (Lipinski definition) is 9. The summed E-state index contributed by atoms with van der Waals surface area (Å²) in [4.78, 5) is 38.1. The van der Waals surface area contributed by atoms with Crippen LogP contribution in [0.25, 0.3) is 0 Å². The highest BCUT2D eigenvalue weighted by molar-refractivity contribution is 5.75. The normalized spacial score (nSPS) is 32.2. The van der Waals surface area contributed by atoms with Gasteiger partial charge in [-0.15, -0.1) is 0 Å². The largest absolute Gasteiger partial charge is 0.463 e. The SMILES string of the molecule is CC(=O)OCC1O[C@@H]2OC(C)=NC2[C@@H](OC(C)=O)[C@H]1OC(C)=O. The highest BCUT2D eigenvalue weighted by Crippen LogP contribution is 2.32. The fourth-order valence-corrected chi connectivity index (χ4v) is 2.53. The van der Waals surface area contributed by atoms with Crippen LogP contribution in [0, 0.1) is 0 Å². The minimum atomic E-state index is -0.963. The van der Waals surface area contributed by atoms with E-state index in [1.165, 1.54) is 20.8 Å². The Morgan fingerprint density at radius 2 is 1.65 bits per heavy atom. The third-order valence-corrected chi connectivity index (χ3v) is 3.29. The molecule has 0 aromatic rings. The average molecular weight is 329 g/mol. The van der Waals surface area contributed by atoms with Gasteiger partial charge in [-0.3, -0.25) is 14.4 Å². The second-order valence-electron chi connectivity index (χ2n) is 5.25. The predicted molar refractivity (Wildman–Crippen MR) is 74.4 cm³/mol. The summed E-state index contributed by atoms with van der Waals surface area (Å²) in [5, 5.41) is 0. The van der Waals surface area contributed by atoms with E-state index < -0.39 is 48.6 Å². The lowest BCUT2D eigenvalue weighted by molar-refractivity contribution is -0.249. The topological polar surface area (TPSA) is 110 Å². The van der Waals surface area contributed by atoms with E-state index in [-0.39, 0.29) is 6.61 Å². The number of fused-ring (bicyclic) bond motifs is 1. The number of carbonyl (C=O) groups is 3. The van der Waals surface area contributed by atoms with Crippen LogP contribution in [-0.4, -0.2) is 61.1 Å². The van der Waals surface area contributed by atoms with Gasteiger partial charge in [0.25, 0.3) is 0 Å². The Morgan fingerprint density at radius 1 is 1.04 bits per heavy atom. The molecule has 0 aromatic carbocycles. The lowest BCUT2D eigenvalue weighted by Crippen LogP contribution is -2.60. The molecule has 0 N–H and O–H groups in total. The van der Waals surface area contributed by atoms with Crippen molar-refractivity contribution in [3.63, 3.8) is 0 Å². The lowest BCUT2D eigenvalue weighted by Gasteiger charge is -2.40. The van der Waals surface area contributed by atoms with Crippen molar-refractivity contribution in [3.05, 3.63) is 0 Å². The lowest BCUT2D eigenvalue weighted by atomic mass is 9.97. The van der Waals surface area contributed by atoms with Crippen LogP contribution in [-0.2, 0) is 38.1 Å². The molecule has 2 aliphatic heterocycles. The van der Waals surface area contributed by atoms with Crippen molar-refractivity contribution in [3.8, 4) is 0 Å². The van der Waals surface area contributed by atoms with Gasteiger partial charge in [0, 0.05) is 27.7 Å². The fourth-order valence-electron chi connectivity index (χ4n) is 2.53. The first-order valence-electron chi connectivity index (χ1n) is 7.12. The number of ether oxygens (including phenoxy) is 5. The molecular weight excluding hydrogens is 310 g/mol. The highest BCUT2D eigenvalue weighted by Gasteiger charge is 2.53. The predicted octanol–water partition coefficient (Wildman–Crippen LogP) is -0.0450. The van der Waals surface area contributed by atoms with Crippen molar-refractivity contribution in [1.29, 1.82) is 0 Å². The van der Waals surface area contributed by atoms with Crippen LogP contribution >= 0.6 is 0 Å². The highest BCUT2D eigenvalue weighted by atomic mass is 16.7. The van der Waals surface area contributed by atoms with Crippen molar-refractivity contribution in [2.75, 3.05) is 6.61 Å². The van der Waals surface area contributed by atoms with Gasteiger partial charge in [-0.1, -0.05) is 0 Å². The summed E-state index contributed by atoms with van der Waals surface area (Å²) in [5.74, 6) is -1.28. The third kappa shape index (κ3) is 4.19. The minimum absolute atomic E-state index is 0.170. The van der Waals surface area contributed by atoms with Crippen molar-refractivity contribution < 1.29 is 38.1 Å². The minimum Gasteiger partial charge on any atom is -0.463 e. The molecule has 0 aliphatic carbocycles. The maximum Gasteiger partial charge on any atom is 0.303 e. The van der Waals surface area contributed by atoms with E-state index >= 15 is 0 Å². The second-order valence-corrected chi connectivity index (χ2v) is 5.25. The Kier molecular flexibility index (Phi) is 5.19. The van der Waals surface area contributed by atoms with E-state index in [9.17, 15) is 14.4 Å². The van der Waals surface area contributed by atoms with Crippen LogP contribution in [0.1, 0.15) is 27.7 Å².